The van der Waals surface area contributed by atoms with Gasteiger partial charge >= 0.3 is 5.97 Å². The van der Waals surface area contributed by atoms with Crippen LogP contribution in [0.4, 0.5) is 13.2 Å². The first kappa shape index (κ1) is 28.9. The molecule has 1 atom stereocenters. The summed E-state index contributed by atoms with van der Waals surface area (Å²) in [6, 6.07) is 12.8. The molecule has 11 heteroatoms. The number of benzene rings is 2. The highest BCUT2D eigenvalue weighted by Gasteiger charge is 2.44. The summed E-state index contributed by atoms with van der Waals surface area (Å²) in [7, 11) is 0. The standard InChI is InChI=1S/C33H30ClF3N4O3/c34-20-4-5-22(24(36)14-20)28-15-25(37)23-3-1-2-21(30(23)44-28)19-8-12-40(13-9-19)16-29-38-26-6-7-27(32(42)43)39-31(26)41(29)18-33(17-35)10-11-33/h1-7,14-15,19,28H,8-13,16-18H2,(H,42,43). The van der Waals surface area contributed by atoms with Crippen molar-refractivity contribution in [2.75, 3.05) is 19.8 Å². The van der Waals surface area contributed by atoms with Crippen molar-refractivity contribution in [2.24, 2.45) is 5.41 Å². The van der Waals surface area contributed by atoms with E-state index in [9.17, 15) is 18.7 Å². The van der Waals surface area contributed by atoms with Crippen molar-refractivity contribution < 1.29 is 27.8 Å². The number of hydrogen-bond acceptors (Lipinski definition) is 5. The molecule has 2 aromatic heterocycles. The van der Waals surface area contributed by atoms with Gasteiger partial charge in [0.05, 0.1) is 18.8 Å². The van der Waals surface area contributed by atoms with Gasteiger partial charge in [-0.3, -0.25) is 9.29 Å². The van der Waals surface area contributed by atoms with Crippen molar-refractivity contribution in [3.8, 4) is 5.75 Å². The summed E-state index contributed by atoms with van der Waals surface area (Å²) < 4.78 is 52.0. The van der Waals surface area contributed by atoms with Gasteiger partial charge in [-0.25, -0.2) is 23.5 Å². The zero-order valence-electron chi connectivity index (χ0n) is 23.8. The van der Waals surface area contributed by atoms with Gasteiger partial charge in [-0.1, -0.05) is 29.8 Å². The third-order valence-electron chi connectivity index (χ3n) is 9.13. The van der Waals surface area contributed by atoms with Crippen molar-refractivity contribution >= 4 is 34.6 Å². The number of carbonyl (C=O) groups is 1. The van der Waals surface area contributed by atoms with E-state index in [4.69, 9.17) is 21.3 Å². The number of halogens is 4. The molecule has 1 saturated carbocycles. The number of aromatic carboxylic acids is 1. The largest absolute Gasteiger partial charge is 0.480 e. The number of fused-ring (bicyclic) bond motifs is 2. The third kappa shape index (κ3) is 5.34. The minimum Gasteiger partial charge on any atom is -0.480 e. The Bertz CT molecular complexity index is 1800. The Balaban J connectivity index is 1.10. The molecule has 228 valence electrons. The Morgan fingerprint density at radius 3 is 2.57 bits per heavy atom. The molecule has 1 aliphatic carbocycles. The van der Waals surface area contributed by atoms with E-state index >= 15 is 4.39 Å². The number of rotatable bonds is 8. The minimum atomic E-state index is -1.12. The molecule has 7 nitrogen and oxygen atoms in total. The Hall–Kier alpha value is -3.89. The highest BCUT2D eigenvalue weighted by atomic mass is 35.5. The number of likely N-dealkylation sites (tertiary alicyclic amines) is 1. The molecule has 2 aromatic carbocycles. The van der Waals surface area contributed by atoms with E-state index in [0.717, 1.165) is 50.2 Å². The Morgan fingerprint density at radius 2 is 1.86 bits per heavy atom. The Morgan fingerprint density at radius 1 is 1.07 bits per heavy atom. The van der Waals surface area contributed by atoms with Gasteiger partial charge in [0.2, 0.25) is 0 Å². The fourth-order valence-electron chi connectivity index (χ4n) is 6.37. The molecule has 0 spiro atoms. The smallest absolute Gasteiger partial charge is 0.354 e. The predicted octanol–water partition coefficient (Wildman–Crippen LogP) is 7.50. The molecule has 4 heterocycles. The fourth-order valence-corrected chi connectivity index (χ4v) is 6.53. The average Bonchev–Trinajstić information content (AvgIpc) is 3.72. The molecule has 0 bridgehead atoms. The van der Waals surface area contributed by atoms with E-state index in [1.807, 2.05) is 16.7 Å². The minimum absolute atomic E-state index is 0.0724. The number of alkyl halides is 1. The quantitative estimate of drug-likeness (QED) is 0.219. The van der Waals surface area contributed by atoms with Crippen LogP contribution >= 0.6 is 11.6 Å². The van der Waals surface area contributed by atoms with Crippen LogP contribution in [0.25, 0.3) is 17.0 Å². The van der Waals surface area contributed by atoms with Crippen LogP contribution in [0, 0.1) is 11.2 Å². The topological polar surface area (TPSA) is 80.5 Å². The second-order valence-corrected chi connectivity index (χ2v) is 12.5. The second kappa shape index (κ2) is 11.2. The van der Waals surface area contributed by atoms with Gasteiger partial charge in [-0.15, -0.1) is 0 Å². The molecule has 1 N–H and O–H groups in total. The highest BCUT2D eigenvalue weighted by molar-refractivity contribution is 6.30. The second-order valence-electron chi connectivity index (χ2n) is 12.1. The molecular weight excluding hydrogens is 593 g/mol. The zero-order chi connectivity index (χ0) is 30.6. The first-order chi connectivity index (χ1) is 21.2. The summed E-state index contributed by atoms with van der Waals surface area (Å²) in [6.45, 7) is 1.93. The van der Waals surface area contributed by atoms with Crippen LogP contribution in [-0.4, -0.2) is 50.3 Å². The Labute approximate surface area is 256 Å². The lowest BCUT2D eigenvalue weighted by Gasteiger charge is -2.34. The van der Waals surface area contributed by atoms with Gasteiger partial charge < -0.3 is 14.4 Å². The number of aromatic nitrogens is 3. The van der Waals surface area contributed by atoms with Gasteiger partial charge in [0.15, 0.2) is 11.3 Å². The maximum atomic E-state index is 15.3. The first-order valence-electron chi connectivity index (χ1n) is 14.7. The molecule has 4 aromatic rings. The van der Waals surface area contributed by atoms with Gasteiger partial charge in [-0.05, 0) is 86.7 Å². The lowest BCUT2D eigenvalue weighted by Crippen LogP contribution is -2.34. The van der Waals surface area contributed by atoms with Crippen LogP contribution in [0.3, 0.4) is 0 Å². The lowest BCUT2D eigenvalue weighted by molar-refractivity contribution is 0.0690. The predicted molar refractivity (Wildman–Crippen MR) is 160 cm³/mol. The number of imidazole rings is 1. The number of nitrogens with zero attached hydrogens (tertiary/aromatic N) is 4. The molecule has 44 heavy (non-hydrogen) atoms. The van der Waals surface area contributed by atoms with E-state index in [0.29, 0.717) is 35.6 Å². The van der Waals surface area contributed by atoms with Crippen LogP contribution in [0.15, 0.2) is 54.6 Å². The summed E-state index contributed by atoms with van der Waals surface area (Å²) >= 11 is 5.92. The average molecular weight is 623 g/mol. The van der Waals surface area contributed by atoms with E-state index in [1.54, 1.807) is 18.2 Å². The van der Waals surface area contributed by atoms with E-state index in [1.165, 1.54) is 24.3 Å². The molecule has 7 rings (SSSR count). The summed E-state index contributed by atoms with van der Waals surface area (Å²) in [5, 5.41) is 9.74. The number of hydrogen-bond donors (Lipinski definition) is 1. The maximum absolute atomic E-state index is 15.3. The maximum Gasteiger partial charge on any atom is 0.354 e. The normalized spacial score (nSPS) is 19.8. The molecule has 2 fully saturated rings. The number of para-hydroxylation sites is 1. The number of pyridine rings is 1. The summed E-state index contributed by atoms with van der Waals surface area (Å²) in [5.74, 6) is -0.864. The molecule has 1 unspecified atom stereocenters. The number of piperidine rings is 1. The molecule has 0 radical (unpaired) electrons. The molecule has 0 amide bonds. The van der Waals surface area contributed by atoms with Crippen LogP contribution in [-0.2, 0) is 13.1 Å². The highest BCUT2D eigenvalue weighted by Crippen LogP contribution is 2.48. The first-order valence-corrected chi connectivity index (χ1v) is 15.1. The lowest BCUT2D eigenvalue weighted by atomic mass is 9.86. The monoisotopic (exact) mass is 622 g/mol. The van der Waals surface area contributed by atoms with Crippen LogP contribution in [0.2, 0.25) is 5.02 Å². The summed E-state index contributed by atoms with van der Waals surface area (Å²) in [6.07, 6.45) is 3.48. The summed E-state index contributed by atoms with van der Waals surface area (Å²) in [5.41, 5.74) is 2.00. The fraction of sp³-hybridized carbons (Fsp3) is 0.364. The molecule has 2 aliphatic heterocycles. The van der Waals surface area contributed by atoms with Crippen molar-refractivity contribution in [1.82, 2.24) is 19.4 Å². The molecular formula is C33H30ClF3N4O3. The van der Waals surface area contributed by atoms with Crippen molar-refractivity contribution in [2.45, 2.75) is 50.8 Å². The van der Waals surface area contributed by atoms with Crippen molar-refractivity contribution in [3.63, 3.8) is 0 Å². The third-order valence-corrected chi connectivity index (χ3v) is 9.37. The van der Waals surface area contributed by atoms with Crippen molar-refractivity contribution in [3.05, 3.63) is 93.7 Å². The van der Waals surface area contributed by atoms with Crippen molar-refractivity contribution in [1.29, 1.82) is 0 Å². The van der Waals surface area contributed by atoms with E-state index in [2.05, 4.69) is 9.88 Å². The summed E-state index contributed by atoms with van der Waals surface area (Å²) in [4.78, 5) is 23.0. The number of carboxylic acid groups (broad SMARTS) is 1. The van der Waals surface area contributed by atoms with Crippen LogP contribution < -0.4 is 4.74 Å². The molecule has 3 aliphatic rings. The van der Waals surface area contributed by atoms with E-state index < -0.39 is 35.8 Å². The number of carboxylic acids is 1. The molecule has 1 saturated heterocycles. The number of ether oxygens (including phenoxy) is 1. The van der Waals surface area contributed by atoms with Gasteiger partial charge in [0, 0.05) is 22.5 Å². The van der Waals surface area contributed by atoms with Crippen LogP contribution in [0.1, 0.15) is 70.7 Å². The van der Waals surface area contributed by atoms with Crippen LogP contribution in [0.5, 0.6) is 5.75 Å². The Kier molecular flexibility index (Phi) is 7.37. The van der Waals surface area contributed by atoms with Gasteiger partial charge in [0.25, 0.3) is 0 Å². The SMILES string of the molecule is O=C(O)c1ccc2nc(CN3CCC(c4cccc5c4OC(c4ccc(Cl)cc4F)C=C5F)CC3)n(CC3(CF)CC3)c2n1. The zero-order valence-corrected chi connectivity index (χ0v) is 24.5. The van der Waals surface area contributed by atoms with Gasteiger partial charge in [-0.2, -0.15) is 0 Å². The van der Waals surface area contributed by atoms with Gasteiger partial charge in [0.1, 0.15) is 34.8 Å². The van der Waals surface area contributed by atoms with E-state index in [-0.39, 0.29) is 22.2 Å².